The molecule has 1 heterocycles. The van der Waals surface area contributed by atoms with Crippen LogP contribution in [0.15, 0.2) is 29.3 Å². The van der Waals surface area contributed by atoms with E-state index in [-0.39, 0.29) is 24.0 Å². The molecular formula is C20H33IN4O. The second-order valence-electron chi connectivity index (χ2n) is 7.09. The van der Waals surface area contributed by atoms with E-state index < -0.39 is 0 Å². The van der Waals surface area contributed by atoms with Crippen molar-refractivity contribution in [3.63, 3.8) is 0 Å². The van der Waals surface area contributed by atoms with Gasteiger partial charge in [0.15, 0.2) is 5.96 Å². The molecule has 0 aromatic heterocycles. The summed E-state index contributed by atoms with van der Waals surface area (Å²) in [5.74, 6) is 2.60. The smallest absolute Gasteiger partial charge is 0.191 e. The summed E-state index contributed by atoms with van der Waals surface area (Å²) in [5.41, 5.74) is 1.23. The van der Waals surface area contributed by atoms with E-state index in [0.717, 1.165) is 43.8 Å². The van der Waals surface area contributed by atoms with Gasteiger partial charge in [-0.05, 0) is 56.7 Å². The standard InChI is InChI=1S/C20H32N4O.HI/c1-3-21-20(22-12-10-17-6-4-5-7-19(17)25-2)23-14-16-11-13-24(15-16)18-8-9-18;/h4-7,16,18H,3,8-15H2,1-2H3,(H2,21,22,23);1H. The monoisotopic (exact) mass is 472 g/mol. The van der Waals surface area contributed by atoms with Gasteiger partial charge in [0.1, 0.15) is 5.75 Å². The van der Waals surface area contributed by atoms with Crippen molar-refractivity contribution in [1.82, 2.24) is 15.5 Å². The van der Waals surface area contributed by atoms with Crippen LogP contribution in [-0.2, 0) is 6.42 Å². The molecule has 0 radical (unpaired) electrons. The molecule has 1 aromatic carbocycles. The zero-order valence-corrected chi connectivity index (χ0v) is 18.4. The maximum atomic E-state index is 5.42. The molecule has 1 saturated heterocycles. The van der Waals surface area contributed by atoms with E-state index in [2.05, 4.69) is 34.6 Å². The Morgan fingerprint density at radius 2 is 2.04 bits per heavy atom. The highest BCUT2D eigenvalue weighted by molar-refractivity contribution is 14.0. The molecule has 0 bridgehead atoms. The Hall–Kier alpha value is -1.02. The van der Waals surface area contributed by atoms with Crippen LogP contribution in [0.25, 0.3) is 0 Å². The number of methoxy groups -OCH3 is 1. The lowest BCUT2D eigenvalue weighted by atomic mass is 10.1. The highest BCUT2D eigenvalue weighted by Gasteiger charge is 2.34. The van der Waals surface area contributed by atoms with E-state index in [4.69, 9.17) is 9.73 Å². The van der Waals surface area contributed by atoms with Crippen LogP contribution in [-0.4, -0.2) is 56.7 Å². The van der Waals surface area contributed by atoms with E-state index in [1.54, 1.807) is 7.11 Å². The summed E-state index contributed by atoms with van der Waals surface area (Å²) in [7, 11) is 1.73. The summed E-state index contributed by atoms with van der Waals surface area (Å²) in [4.78, 5) is 7.47. The fraction of sp³-hybridized carbons (Fsp3) is 0.650. The third kappa shape index (κ3) is 6.30. The van der Waals surface area contributed by atoms with Gasteiger partial charge in [-0.2, -0.15) is 0 Å². The van der Waals surface area contributed by atoms with Gasteiger partial charge in [0, 0.05) is 32.2 Å². The number of nitrogens with one attached hydrogen (secondary N) is 2. The Morgan fingerprint density at radius 1 is 1.23 bits per heavy atom. The Labute approximate surface area is 175 Å². The van der Waals surface area contributed by atoms with Crippen molar-refractivity contribution >= 4 is 29.9 Å². The molecule has 2 N–H and O–H groups in total. The lowest BCUT2D eigenvalue weighted by Crippen LogP contribution is -2.38. The van der Waals surface area contributed by atoms with Gasteiger partial charge < -0.3 is 20.3 Å². The van der Waals surface area contributed by atoms with Gasteiger partial charge in [0.05, 0.1) is 7.11 Å². The van der Waals surface area contributed by atoms with Crippen LogP contribution in [0, 0.1) is 5.92 Å². The molecule has 1 aliphatic carbocycles. The molecular weight excluding hydrogens is 439 g/mol. The van der Waals surface area contributed by atoms with Crippen LogP contribution in [0.2, 0.25) is 0 Å². The van der Waals surface area contributed by atoms with Gasteiger partial charge in [-0.15, -0.1) is 24.0 Å². The lowest BCUT2D eigenvalue weighted by molar-refractivity contribution is 0.315. The fourth-order valence-electron chi connectivity index (χ4n) is 3.57. The highest BCUT2D eigenvalue weighted by atomic mass is 127. The normalized spacial score (nSPS) is 20.5. The maximum Gasteiger partial charge on any atom is 0.191 e. The predicted octanol–water partition coefficient (Wildman–Crippen LogP) is 2.90. The summed E-state index contributed by atoms with van der Waals surface area (Å²) in [6, 6.07) is 9.09. The van der Waals surface area contributed by atoms with E-state index in [9.17, 15) is 0 Å². The number of para-hydroxylation sites is 1. The molecule has 0 spiro atoms. The SMILES string of the molecule is CCNC(=NCC1CCN(C2CC2)C1)NCCc1ccccc1OC.I. The molecule has 1 aliphatic heterocycles. The summed E-state index contributed by atoms with van der Waals surface area (Å²) >= 11 is 0. The Morgan fingerprint density at radius 3 is 2.77 bits per heavy atom. The molecule has 1 atom stereocenters. The molecule has 146 valence electrons. The Kier molecular flexibility index (Phi) is 8.98. The topological polar surface area (TPSA) is 48.9 Å². The first-order valence-electron chi connectivity index (χ1n) is 9.68. The van der Waals surface area contributed by atoms with Gasteiger partial charge in [0.2, 0.25) is 0 Å². The van der Waals surface area contributed by atoms with Crippen LogP contribution < -0.4 is 15.4 Å². The number of rotatable bonds is 8. The lowest BCUT2D eigenvalue weighted by Gasteiger charge is -2.15. The molecule has 1 saturated carbocycles. The van der Waals surface area contributed by atoms with E-state index in [1.807, 2.05) is 12.1 Å². The van der Waals surface area contributed by atoms with Gasteiger partial charge in [-0.1, -0.05) is 18.2 Å². The van der Waals surface area contributed by atoms with Crippen molar-refractivity contribution in [3.8, 4) is 5.75 Å². The molecule has 1 unspecified atom stereocenters. The molecule has 2 fully saturated rings. The number of likely N-dealkylation sites (tertiary alicyclic amines) is 1. The third-order valence-corrected chi connectivity index (χ3v) is 5.11. The van der Waals surface area contributed by atoms with Crippen molar-refractivity contribution < 1.29 is 4.74 Å². The largest absolute Gasteiger partial charge is 0.496 e. The van der Waals surface area contributed by atoms with Crippen LogP contribution in [0.5, 0.6) is 5.75 Å². The Balaban J connectivity index is 0.00000243. The third-order valence-electron chi connectivity index (χ3n) is 5.11. The molecule has 6 heteroatoms. The molecule has 3 rings (SSSR count). The van der Waals surface area contributed by atoms with Gasteiger partial charge in [-0.3, -0.25) is 4.99 Å². The second-order valence-corrected chi connectivity index (χ2v) is 7.09. The fourth-order valence-corrected chi connectivity index (χ4v) is 3.57. The first kappa shape index (κ1) is 21.3. The zero-order valence-electron chi connectivity index (χ0n) is 16.0. The number of guanidine groups is 1. The number of hydrogen-bond acceptors (Lipinski definition) is 3. The maximum absolute atomic E-state index is 5.42. The average Bonchev–Trinajstić information content (AvgIpc) is 3.38. The van der Waals surface area contributed by atoms with Crippen molar-refractivity contribution in [3.05, 3.63) is 29.8 Å². The van der Waals surface area contributed by atoms with E-state index >= 15 is 0 Å². The zero-order chi connectivity index (χ0) is 17.5. The number of ether oxygens (including phenoxy) is 1. The average molecular weight is 472 g/mol. The molecule has 5 nitrogen and oxygen atoms in total. The van der Waals surface area contributed by atoms with Crippen molar-refractivity contribution in [2.45, 2.75) is 38.6 Å². The van der Waals surface area contributed by atoms with Crippen LogP contribution in [0.4, 0.5) is 0 Å². The van der Waals surface area contributed by atoms with Crippen molar-refractivity contribution in [2.75, 3.05) is 39.8 Å². The number of aliphatic imine (C=N–C) groups is 1. The number of hydrogen-bond donors (Lipinski definition) is 2. The van der Waals surface area contributed by atoms with Gasteiger partial charge >= 0.3 is 0 Å². The van der Waals surface area contributed by atoms with E-state index in [1.165, 1.54) is 37.9 Å². The first-order chi connectivity index (χ1) is 12.3. The minimum absolute atomic E-state index is 0. The minimum atomic E-state index is 0. The molecule has 2 aliphatic rings. The summed E-state index contributed by atoms with van der Waals surface area (Å²) in [5, 5.41) is 6.82. The van der Waals surface area contributed by atoms with E-state index in [0.29, 0.717) is 5.92 Å². The van der Waals surface area contributed by atoms with Crippen LogP contribution in [0.1, 0.15) is 31.7 Å². The summed E-state index contributed by atoms with van der Waals surface area (Å²) in [6.07, 6.45) is 5.03. The van der Waals surface area contributed by atoms with Gasteiger partial charge in [0.25, 0.3) is 0 Å². The van der Waals surface area contributed by atoms with Crippen LogP contribution in [0.3, 0.4) is 0 Å². The van der Waals surface area contributed by atoms with Crippen molar-refractivity contribution in [2.24, 2.45) is 10.9 Å². The predicted molar refractivity (Wildman–Crippen MR) is 119 cm³/mol. The quantitative estimate of drug-likeness (QED) is 0.347. The van der Waals surface area contributed by atoms with Gasteiger partial charge in [-0.25, -0.2) is 0 Å². The summed E-state index contributed by atoms with van der Waals surface area (Å²) < 4.78 is 5.42. The highest BCUT2D eigenvalue weighted by Crippen LogP contribution is 2.31. The molecule has 26 heavy (non-hydrogen) atoms. The number of nitrogens with zero attached hydrogens (tertiary/aromatic N) is 2. The summed E-state index contributed by atoms with van der Waals surface area (Å²) in [6.45, 7) is 7.27. The second kappa shape index (κ2) is 11.0. The molecule has 1 aromatic rings. The number of halogens is 1. The molecule has 0 amide bonds. The Bertz CT molecular complexity index is 577. The van der Waals surface area contributed by atoms with Crippen LogP contribution >= 0.6 is 24.0 Å². The van der Waals surface area contributed by atoms with Crippen molar-refractivity contribution in [1.29, 1.82) is 0 Å². The number of benzene rings is 1. The minimum Gasteiger partial charge on any atom is -0.496 e. The first-order valence-corrected chi connectivity index (χ1v) is 9.68.